The van der Waals surface area contributed by atoms with Crippen molar-refractivity contribution < 1.29 is 0 Å². The quantitative estimate of drug-likeness (QED) is 0.598. The highest BCUT2D eigenvalue weighted by atomic mass is 35.5. The van der Waals surface area contributed by atoms with Gasteiger partial charge in [-0.3, -0.25) is 9.36 Å². The number of thioether (sulfide) groups is 1. The highest BCUT2D eigenvalue weighted by Gasteiger charge is 2.23. The zero-order chi connectivity index (χ0) is 22.1. The molecule has 4 rings (SSSR count). The van der Waals surface area contributed by atoms with Crippen molar-refractivity contribution in [3.05, 3.63) is 68.1 Å². The van der Waals surface area contributed by atoms with Gasteiger partial charge in [-0.1, -0.05) is 48.0 Å². The Morgan fingerprint density at radius 1 is 1.39 bits per heavy atom. The van der Waals surface area contributed by atoms with Crippen LogP contribution in [-0.4, -0.2) is 28.6 Å². The molecule has 162 valence electrons. The average molecular weight is 475 g/mol. The van der Waals surface area contributed by atoms with Crippen LogP contribution in [0.3, 0.4) is 0 Å². The van der Waals surface area contributed by atoms with E-state index in [9.17, 15) is 4.79 Å². The normalized spacial score (nSPS) is 19.9. The molecule has 2 aliphatic rings. The molecule has 2 unspecified atom stereocenters. The summed E-state index contributed by atoms with van der Waals surface area (Å²) in [5.74, 6) is 0.700. The molecular weight excluding hydrogens is 451 g/mol. The molecule has 2 N–H and O–H groups in total. The van der Waals surface area contributed by atoms with Crippen LogP contribution in [-0.2, 0) is 7.05 Å². The maximum atomic E-state index is 13.2. The molecule has 2 heterocycles. The van der Waals surface area contributed by atoms with Crippen LogP contribution in [0.5, 0.6) is 0 Å². The SMILES string of the molecule is C=Cc1ccc(Cl)c(-c2cc3c(n(C)c2=O)NC(NC2=CC(SC)CCC2)N=C3)c1Cl. The van der Waals surface area contributed by atoms with E-state index in [1.165, 1.54) is 12.1 Å². The lowest BCUT2D eigenvalue weighted by Crippen LogP contribution is -2.39. The van der Waals surface area contributed by atoms with E-state index in [-0.39, 0.29) is 11.8 Å². The van der Waals surface area contributed by atoms with Gasteiger partial charge in [0.15, 0.2) is 6.29 Å². The van der Waals surface area contributed by atoms with E-state index < -0.39 is 0 Å². The Balaban J connectivity index is 1.69. The lowest BCUT2D eigenvalue weighted by atomic mass is 10.0. The fraction of sp³-hybridized carbons (Fsp3) is 0.304. The first-order valence-electron chi connectivity index (χ1n) is 10.1. The van der Waals surface area contributed by atoms with Gasteiger partial charge >= 0.3 is 0 Å². The van der Waals surface area contributed by atoms with Crippen LogP contribution in [0.15, 0.2) is 46.3 Å². The predicted molar refractivity (Wildman–Crippen MR) is 135 cm³/mol. The molecule has 8 heteroatoms. The fourth-order valence-electron chi connectivity index (χ4n) is 3.95. The Bertz CT molecular complexity index is 1160. The molecule has 0 spiro atoms. The van der Waals surface area contributed by atoms with Crippen molar-refractivity contribution in [2.75, 3.05) is 11.6 Å². The van der Waals surface area contributed by atoms with Gasteiger partial charge < -0.3 is 10.6 Å². The van der Waals surface area contributed by atoms with Crippen LogP contribution < -0.4 is 16.2 Å². The number of aliphatic imine (C=N–C) groups is 1. The maximum Gasteiger partial charge on any atom is 0.259 e. The Morgan fingerprint density at radius 3 is 2.94 bits per heavy atom. The van der Waals surface area contributed by atoms with Crippen molar-refractivity contribution in [2.45, 2.75) is 30.8 Å². The van der Waals surface area contributed by atoms with Crippen LogP contribution in [0.4, 0.5) is 5.82 Å². The number of pyridine rings is 1. The van der Waals surface area contributed by atoms with Gasteiger partial charge in [0.1, 0.15) is 5.82 Å². The summed E-state index contributed by atoms with van der Waals surface area (Å²) in [6.07, 6.45) is 10.9. The van der Waals surface area contributed by atoms with Crippen molar-refractivity contribution in [3.63, 3.8) is 0 Å². The van der Waals surface area contributed by atoms with E-state index >= 15 is 0 Å². The van der Waals surface area contributed by atoms with Crippen molar-refractivity contribution >= 4 is 53.1 Å². The van der Waals surface area contributed by atoms with Gasteiger partial charge in [0, 0.05) is 35.3 Å². The first kappa shape index (κ1) is 22.1. The van der Waals surface area contributed by atoms with Crippen molar-refractivity contribution in [1.82, 2.24) is 9.88 Å². The molecule has 0 radical (unpaired) electrons. The summed E-state index contributed by atoms with van der Waals surface area (Å²) in [5.41, 5.74) is 3.45. The van der Waals surface area contributed by atoms with Crippen molar-refractivity contribution in [3.8, 4) is 11.1 Å². The second-order valence-electron chi connectivity index (χ2n) is 7.58. The third kappa shape index (κ3) is 4.29. The molecule has 0 amide bonds. The van der Waals surface area contributed by atoms with E-state index in [1.807, 2.05) is 11.8 Å². The third-order valence-corrected chi connectivity index (χ3v) is 7.34. The monoisotopic (exact) mass is 474 g/mol. The summed E-state index contributed by atoms with van der Waals surface area (Å²) >= 11 is 14.8. The highest BCUT2D eigenvalue weighted by molar-refractivity contribution is 7.99. The molecule has 2 aromatic rings. The van der Waals surface area contributed by atoms with E-state index in [1.54, 1.807) is 42.1 Å². The van der Waals surface area contributed by atoms with Crippen LogP contribution >= 0.6 is 35.0 Å². The molecule has 31 heavy (non-hydrogen) atoms. The predicted octanol–water partition coefficient (Wildman–Crippen LogP) is 5.52. The first-order valence-corrected chi connectivity index (χ1v) is 12.1. The van der Waals surface area contributed by atoms with Gasteiger partial charge in [0.25, 0.3) is 5.56 Å². The fourth-order valence-corrected chi connectivity index (χ4v) is 5.31. The second kappa shape index (κ2) is 9.15. The van der Waals surface area contributed by atoms with Crippen LogP contribution in [0.1, 0.15) is 30.4 Å². The van der Waals surface area contributed by atoms with Gasteiger partial charge in [-0.25, -0.2) is 4.99 Å². The number of nitrogens with zero attached hydrogens (tertiary/aromatic N) is 2. The average Bonchev–Trinajstić information content (AvgIpc) is 2.77. The van der Waals surface area contributed by atoms with Gasteiger partial charge in [-0.05, 0) is 43.2 Å². The number of nitrogens with one attached hydrogen (secondary N) is 2. The number of hydrogen-bond donors (Lipinski definition) is 2. The molecule has 0 fully saturated rings. The van der Waals surface area contributed by atoms with E-state index in [2.05, 4.69) is 34.5 Å². The topological polar surface area (TPSA) is 58.4 Å². The third-order valence-electron chi connectivity index (χ3n) is 5.64. The Hall–Kier alpha value is -2.15. The molecule has 1 aromatic carbocycles. The van der Waals surface area contributed by atoms with Crippen LogP contribution in [0, 0.1) is 0 Å². The Kier molecular flexibility index (Phi) is 6.51. The van der Waals surface area contributed by atoms with Gasteiger partial charge in [0.2, 0.25) is 0 Å². The second-order valence-corrected chi connectivity index (χ2v) is 9.45. The minimum absolute atomic E-state index is 0.190. The summed E-state index contributed by atoms with van der Waals surface area (Å²) in [6, 6.07) is 5.30. The van der Waals surface area contributed by atoms with Gasteiger partial charge in [0.05, 0.1) is 15.6 Å². The van der Waals surface area contributed by atoms with Crippen LogP contribution in [0.2, 0.25) is 10.0 Å². The highest BCUT2D eigenvalue weighted by Crippen LogP contribution is 2.37. The van der Waals surface area contributed by atoms with Crippen molar-refractivity contribution in [1.29, 1.82) is 0 Å². The van der Waals surface area contributed by atoms with E-state index in [0.29, 0.717) is 32.2 Å². The number of aromatic nitrogens is 1. The summed E-state index contributed by atoms with van der Waals surface area (Å²) < 4.78 is 1.58. The number of allylic oxidation sites excluding steroid dienone is 1. The number of benzene rings is 1. The number of rotatable bonds is 5. The molecular formula is C23H24Cl2N4OS. The molecule has 0 saturated heterocycles. The van der Waals surface area contributed by atoms with E-state index in [4.69, 9.17) is 23.2 Å². The molecule has 1 aliphatic carbocycles. The number of fused-ring (bicyclic) bond motifs is 1. The standard InChI is InChI=1S/C23H24Cl2N4OS/c1-4-13-8-9-18(24)19(20(13)25)17-10-14-12-26-23(28-21(14)29(2)22(17)30)27-15-6-5-7-16(11-15)31-3/h4,8-12,16,23,27-28H,1,5-7H2,2-3H3. The molecule has 0 saturated carbocycles. The molecule has 1 aliphatic heterocycles. The summed E-state index contributed by atoms with van der Waals surface area (Å²) in [6.45, 7) is 3.78. The molecule has 5 nitrogen and oxygen atoms in total. The lowest BCUT2D eigenvalue weighted by molar-refractivity contribution is 0.583. The number of hydrogen-bond acceptors (Lipinski definition) is 5. The summed E-state index contributed by atoms with van der Waals surface area (Å²) in [5, 5.41) is 8.16. The van der Waals surface area contributed by atoms with Gasteiger partial charge in [-0.2, -0.15) is 11.8 Å². The van der Waals surface area contributed by atoms with Gasteiger partial charge in [-0.15, -0.1) is 0 Å². The number of anilines is 1. The maximum absolute atomic E-state index is 13.2. The molecule has 0 bridgehead atoms. The molecule has 2 atom stereocenters. The first-order chi connectivity index (χ1) is 14.9. The smallest absolute Gasteiger partial charge is 0.259 e. The largest absolute Gasteiger partial charge is 0.351 e. The number of halogens is 2. The minimum Gasteiger partial charge on any atom is -0.351 e. The summed E-state index contributed by atoms with van der Waals surface area (Å²) in [4.78, 5) is 17.8. The lowest BCUT2D eigenvalue weighted by Gasteiger charge is -2.28. The van der Waals surface area contributed by atoms with Crippen molar-refractivity contribution in [2.24, 2.45) is 12.0 Å². The Labute approximate surface area is 196 Å². The Morgan fingerprint density at radius 2 is 2.19 bits per heavy atom. The zero-order valence-corrected chi connectivity index (χ0v) is 19.7. The molecule has 1 aromatic heterocycles. The zero-order valence-electron chi connectivity index (χ0n) is 17.4. The summed E-state index contributed by atoms with van der Waals surface area (Å²) in [7, 11) is 1.73. The minimum atomic E-state index is -0.327. The van der Waals surface area contributed by atoms with E-state index in [0.717, 1.165) is 24.0 Å². The van der Waals surface area contributed by atoms with Crippen LogP contribution in [0.25, 0.3) is 17.2 Å².